The number of aromatic nitrogens is 1. The molecule has 1 heterocycles. The molecule has 0 aliphatic heterocycles. The van der Waals surface area contributed by atoms with E-state index >= 15 is 0 Å². The normalized spacial score (nSPS) is 14.8. The summed E-state index contributed by atoms with van der Waals surface area (Å²) in [5, 5.41) is 27.1. The first-order valence-electron chi connectivity index (χ1n) is 9.92. The molecule has 1 aromatic heterocycles. The molecule has 0 bridgehead atoms. The van der Waals surface area contributed by atoms with E-state index in [9.17, 15) is 23.1 Å². The monoisotopic (exact) mass is 464 g/mol. The second kappa shape index (κ2) is 10.7. The van der Waals surface area contributed by atoms with Crippen LogP contribution in [0, 0.1) is 0 Å². The fourth-order valence-corrected chi connectivity index (χ4v) is 3.86. The molecule has 0 spiro atoms. The van der Waals surface area contributed by atoms with Crippen LogP contribution in [0.3, 0.4) is 0 Å². The Morgan fingerprint density at radius 1 is 1.22 bits per heavy atom. The van der Waals surface area contributed by atoms with Gasteiger partial charge >= 0.3 is 0 Å². The first kappa shape index (κ1) is 25.5. The molecule has 10 heteroatoms. The average Bonchev–Trinajstić information content (AvgIpc) is 2.76. The summed E-state index contributed by atoms with van der Waals surface area (Å²) in [6.07, 6.45) is 5.38. The van der Waals surface area contributed by atoms with Crippen molar-refractivity contribution in [1.82, 2.24) is 10.0 Å². The summed E-state index contributed by atoms with van der Waals surface area (Å²) >= 11 is 0. The quantitative estimate of drug-likeness (QED) is 0.303. The van der Waals surface area contributed by atoms with E-state index in [0.717, 1.165) is 17.4 Å². The van der Waals surface area contributed by atoms with Gasteiger partial charge in [-0.25, -0.2) is 13.9 Å². The molecule has 4 N–H and O–H groups in total. The molecule has 174 valence electrons. The minimum atomic E-state index is -3.85. The van der Waals surface area contributed by atoms with Crippen LogP contribution in [0.5, 0.6) is 0 Å². The third-order valence-corrected chi connectivity index (χ3v) is 7.43. The van der Waals surface area contributed by atoms with E-state index in [4.69, 9.17) is 10.3 Å². The van der Waals surface area contributed by atoms with Gasteiger partial charge in [-0.15, -0.1) is 0 Å². The predicted octanol–water partition coefficient (Wildman–Crippen LogP) is 0.971. The number of aliphatic hydroxyl groups excluding tert-OH is 2. The van der Waals surface area contributed by atoms with Crippen LogP contribution in [0.2, 0.25) is 0 Å². The molecule has 2 unspecified atom stereocenters. The van der Waals surface area contributed by atoms with Crippen LogP contribution in [-0.2, 0) is 21.2 Å². The standard InChI is InChI=1S/C22H28N2O7S/c1-22(21(28)23-29,32(2,30)31)11-13-24-12-10-18(14-20(24)27)17-8-6-16(7-9-17)4-3-5-19(26)15-25/h3-4,6-10,12,14,19,25-26,29H,5,11,13,15H2,1-2H3,(H,23,28). The number of hydrogen-bond donors (Lipinski definition) is 4. The van der Waals surface area contributed by atoms with E-state index < -0.39 is 26.6 Å². The summed E-state index contributed by atoms with van der Waals surface area (Å²) < 4.78 is 23.5. The van der Waals surface area contributed by atoms with Gasteiger partial charge in [-0.3, -0.25) is 14.8 Å². The van der Waals surface area contributed by atoms with Gasteiger partial charge in [-0.2, -0.15) is 0 Å². The van der Waals surface area contributed by atoms with Crippen LogP contribution in [0.25, 0.3) is 17.2 Å². The molecule has 32 heavy (non-hydrogen) atoms. The fraction of sp³-hybridized carbons (Fsp3) is 0.364. The number of amides is 1. The zero-order chi connectivity index (χ0) is 23.9. The molecule has 2 rings (SSSR count). The lowest BCUT2D eigenvalue weighted by atomic mass is 10.0. The van der Waals surface area contributed by atoms with Crippen molar-refractivity contribution in [1.29, 1.82) is 0 Å². The van der Waals surface area contributed by atoms with Crippen LogP contribution in [0.4, 0.5) is 0 Å². The van der Waals surface area contributed by atoms with Crippen molar-refractivity contribution in [2.75, 3.05) is 12.9 Å². The topological polar surface area (TPSA) is 146 Å². The number of carbonyl (C=O) groups excluding carboxylic acids is 1. The molecule has 0 fully saturated rings. The van der Waals surface area contributed by atoms with Gasteiger partial charge in [0.2, 0.25) is 0 Å². The van der Waals surface area contributed by atoms with E-state index in [1.54, 1.807) is 12.1 Å². The molecular formula is C22H28N2O7S. The van der Waals surface area contributed by atoms with Crippen molar-refractivity contribution in [3.8, 4) is 11.1 Å². The Bertz CT molecular complexity index is 1120. The molecular weight excluding hydrogens is 436 g/mol. The lowest BCUT2D eigenvalue weighted by Gasteiger charge is -2.25. The van der Waals surface area contributed by atoms with Gasteiger partial charge in [0.25, 0.3) is 11.5 Å². The van der Waals surface area contributed by atoms with Crippen molar-refractivity contribution < 1.29 is 28.6 Å². The zero-order valence-corrected chi connectivity index (χ0v) is 18.7. The number of hydroxylamine groups is 1. The lowest BCUT2D eigenvalue weighted by Crippen LogP contribution is -2.49. The van der Waals surface area contributed by atoms with E-state index in [2.05, 4.69) is 0 Å². The summed E-state index contributed by atoms with van der Waals surface area (Å²) in [6, 6.07) is 10.5. The Morgan fingerprint density at radius 2 is 1.88 bits per heavy atom. The van der Waals surface area contributed by atoms with Gasteiger partial charge in [0.15, 0.2) is 14.6 Å². The number of hydrogen-bond acceptors (Lipinski definition) is 7. The molecule has 0 radical (unpaired) electrons. The predicted molar refractivity (Wildman–Crippen MR) is 121 cm³/mol. The van der Waals surface area contributed by atoms with E-state index in [1.807, 2.05) is 30.3 Å². The van der Waals surface area contributed by atoms with Gasteiger partial charge in [-0.1, -0.05) is 36.4 Å². The Kier molecular flexibility index (Phi) is 8.51. The summed E-state index contributed by atoms with van der Waals surface area (Å²) in [4.78, 5) is 24.4. The van der Waals surface area contributed by atoms with E-state index in [-0.39, 0.29) is 25.1 Å². The Labute approximate surface area is 186 Å². The first-order valence-corrected chi connectivity index (χ1v) is 11.8. The smallest absolute Gasteiger partial charge is 0.264 e. The number of nitrogens with zero attached hydrogens (tertiary/aromatic N) is 1. The molecule has 1 aromatic carbocycles. The maximum absolute atomic E-state index is 12.5. The van der Waals surface area contributed by atoms with E-state index in [0.29, 0.717) is 12.0 Å². The summed E-state index contributed by atoms with van der Waals surface area (Å²) in [5.74, 6) is -1.05. The number of nitrogens with one attached hydrogen (secondary N) is 1. The van der Waals surface area contributed by atoms with E-state index in [1.165, 1.54) is 29.2 Å². The number of carbonyl (C=O) groups is 1. The fourth-order valence-electron chi connectivity index (χ4n) is 3.01. The maximum atomic E-state index is 12.5. The van der Waals surface area contributed by atoms with Gasteiger partial charge in [0.05, 0.1) is 12.7 Å². The largest absolute Gasteiger partial charge is 0.394 e. The van der Waals surface area contributed by atoms with Gasteiger partial charge in [0.1, 0.15) is 0 Å². The van der Waals surface area contributed by atoms with Gasteiger partial charge < -0.3 is 14.8 Å². The number of benzene rings is 1. The summed E-state index contributed by atoms with van der Waals surface area (Å²) in [6.45, 7) is 0.879. The average molecular weight is 465 g/mol. The highest BCUT2D eigenvalue weighted by Gasteiger charge is 2.43. The molecule has 9 nitrogen and oxygen atoms in total. The summed E-state index contributed by atoms with van der Waals surface area (Å²) in [5.41, 5.74) is 3.41. The van der Waals surface area contributed by atoms with Crippen molar-refractivity contribution >= 4 is 21.8 Å². The molecule has 0 aliphatic carbocycles. The third-order valence-electron chi connectivity index (χ3n) is 5.40. The Balaban J connectivity index is 2.15. The van der Waals surface area contributed by atoms with Crippen molar-refractivity contribution in [3.05, 3.63) is 64.6 Å². The highest BCUT2D eigenvalue weighted by molar-refractivity contribution is 7.92. The van der Waals surface area contributed by atoms with Crippen LogP contribution in [0.1, 0.15) is 25.3 Å². The van der Waals surface area contributed by atoms with Crippen LogP contribution < -0.4 is 11.0 Å². The first-order chi connectivity index (χ1) is 15.0. The minimum Gasteiger partial charge on any atom is -0.394 e. The van der Waals surface area contributed by atoms with Crippen LogP contribution in [-0.4, -0.2) is 58.0 Å². The van der Waals surface area contributed by atoms with Crippen molar-refractivity contribution in [3.63, 3.8) is 0 Å². The van der Waals surface area contributed by atoms with Crippen LogP contribution in [0.15, 0.2) is 53.5 Å². The molecule has 2 atom stereocenters. The second-order valence-corrected chi connectivity index (χ2v) is 10.2. The third kappa shape index (κ3) is 6.13. The highest BCUT2D eigenvalue weighted by atomic mass is 32.2. The number of rotatable bonds is 10. The number of aryl methyl sites for hydroxylation is 1. The minimum absolute atomic E-state index is 0.0282. The molecule has 0 saturated heterocycles. The van der Waals surface area contributed by atoms with Gasteiger partial charge in [0, 0.05) is 25.1 Å². The van der Waals surface area contributed by atoms with Crippen LogP contribution >= 0.6 is 0 Å². The SMILES string of the molecule is CC(CCn1ccc(-c2ccc(C=CCC(O)CO)cc2)cc1=O)(C(=O)NO)S(C)(=O)=O. The molecule has 0 saturated carbocycles. The zero-order valence-electron chi connectivity index (χ0n) is 17.9. The lowest BCUT2D eigenvalue weighted by molar-refractivity contribution is -0.131. The molecule has 0 aliphatic rings. The second-order valence-electron chi connectivity index (χ2n) is 7.74. The number of sulfone groups is 1. The Hall–Kier alpha value is -2.79. The van der Waals surface area contributed by atoms with Crippen molar-refractivity contribution in [2.24, 2.45) is 0 Å². The van der Waals surface area contributed by atoms with Gasteiger partial charge in [-0.05, 0) is 42.5 Å². The molecule has 1 amide bonds. The Morgan fingerprint density at radius 3 is 2.41 bits per heavy atom. The number of pyridine rings is 1. The maximum Gasteiger partial charge on any atom is 0.264 e. The highest BCUT2D eigenvalue weighted by Crippen LogP contribution is 2.23. The molecule has 2 aromatic rings. The van der Waals surface area contributed by atoms with Crippen molar-refractivity contribution in [2.45, 2.75) is 37.2 Å². The summed E-state index contributed by atoms with van der Waals surface area (Å²) in [7, 11) is -3.85. The number of aliphatic hydroxyl groups is 2.